The zero-order valence-corrected chi connectivity index (χ0v) is 12.7. The molecule has 2 aliphatic rings. The lowest BCUT2D eigenvalue weighted by Gasteiger charge is -2.38. The van der Waals surface area contributed by atoms with E-state index in [1.54, 1.807) is 0 Å². The Kier molecular flexibility index (Phi) is 5.98. The van der Waals surface area contributed by atoms with Gasteiger partial charge in [0.2, 0.25) is 0 Å². The van der Waals surface area contributed by atoms with Crippen LogP contribution in [-0.2, 0) is 4.79 Å². The molecule has 19 heavy (non-hydrogen) atoms. The van der Waals surface area contributed by atoms with Gasteiger partial charge in [0.1, 0.15) is 6.04 Å². The molecule has 1 atom stereocenters. The standard InChI is InChI=1S/C14H26N2O2S/c1-2-19-11-10-15-8-5-12(6-9-15)16-7-3-4-13(16)14(17)18/h12-13H,2-11H2,1H3,(H,17,18). The van der Waals surface area contributed by atoms with Crippen LogP contribution in [0, 0.1) is 0 Å². The average Bonchev–Trinajstić information content (AvgIpc) is 2.89. The van der Waals surface area contributed by atoms with E-state index in [0.717, 1.165) is 45.3 Å². The summed E-state index contributed by atoms with van der Waals surface area (Å²) < 4.78 is 0. The van der Waals surface area contributed by atoms with Crippen molar-refractivity contribution in [1.82, 2.24) is 9.80 Å². The highest BCUT2D eigenvalue weighted by Crippen LogP contribution is 2.26. The smallest absolute Gasteiger partial charge is 0.320 e. The number of hydrogen-bond acceptors (Lipinski definition) is 4. The number of carboxylic acids is 1. The molecule has 1 unspecified atom stereocenters. The number of hydrogen-bond donors (Lipinski definition) is 1. The van der Waals surface area contributed by atoms with E-state index in [0.29, 0.717) is 6.04 Å². The van der Waals surface area contributed by atoms with Crippen LogP contribution in [-0.4, -0.2) is 70.6 Å². The Labute approximate surface area is 120 Å². The van der Waals surface area contributed by atoms with Gasteiger partial charge in [0.15, 0.2) is 0 Å². The fraction of sp³-hybridized carbons (Fsp3) is 0.929. The van der Waals surface area contributed by atoms with E-state index in [1.165, 1.54) is 18.1 Å². The summed E-state index contributed by atoms with van der Waals surface area (Å²) in [6.45, 7) is 6.65. The molecule has 0 aromatic carbocycles. The van der Waals surface area contributed by atoms with Gasteiger partial charge in [0.05, 0.1) is 0 Å². The maximum atomic E-state index is 11.2. The monoisotopic (exact) mass is 286 g/mol. The molecule has 0 spiro atoms. The third-order valence-corrected chi connectivity index (χ3v) is 5.24. The Morgan fingerprint density at radius 2 is 2.00 bits per heavy atom. The first-order valence-corrected chi connectivity index (χ1v) is 8.66. The Bertz CT molecular complexity index is 293. The van der Waals surface area contributed by atoms with E-state index < -0.39 is 5.97 Å². The topological polar surface area (TPSA) is 43.8 Å². The van der Waals surface area contributed by atoms with Gasteiger partial charge in [-0.05, 0) is 51.1 Å². The molecule has 1 N–H and O–H groups in total. The minimum Gasteiger partial charge on any atom is -0.480 e. The fourth-order valence-corrected chi connectivity index (χ4v) is 3.98. The van der Waals surface area contributed by atoms with E-state index in [1.807, 2.05) is 11.8 Å². The molecule has 0 bridgehead atoms. The van der Waals surface area contributed by atoms with Gasteiger partial charge in [-0.3, -0.25) is 9.69 Å². The lowest BCUT2D eigenvalue weighted by Crippen LogP contribution is -2.49. The first-order valence-electron chi connectivity index (χ1n) is 7.51. The Morgan fingerprint density at radius 1 is 1.26 bits per heavy atom. The molecule has 0 saturated carbocycles. The predicted octanol–water partition coefficient (Wildman–Crippen LogP) is 1.75. The average molecular weight is 286 g/mol. The van der Waals surface area contributed by atoms with E-state index in [4.69, 9.17) is 0 Å². The summed E-state index contributed by atoms with van der Waals surface area (Å²) in [4.78, 5) is 16.0. The van der Waals surface area contributed by atoms with E-state index >= 15 is 0 Å². The van der Waals surface area contributed by atoms with Gasteiger partial charge < -0.3 is 10.0 Å². The minimum atomic E-state index is -0.626. The van der Waals surface area contributed by atoms with Crippen molar-refractivity contribution >= 4 is 17.7 Å². The quantitative estimate of drug-likeness (QED) is 0.754. The van der Waals surface area contributed by atoms with Crippen LogP contribution in [0.3, 0.4) is 0 Å². The van der Waals surface area contributed by atoms with Crippen LogP contribution in [0.5, 0.6) is 0 Å². The zero-order chi connectivity index (χ0) is 13.7. The summed E-state index contributed by atoms with van der Waals surface area (Å²) in [6, 6.07) is 0.283. The lowest BCUT2D eigenvalue weighted by molar-refractivity contribution is -0.143. The van der Waals surface area contributed by atoms with Crippen molar-refractivity contribution < 1.29 is 9.90 Å². The van der Waals surface area contributed by atoms with Crippen LogP contribution in [0.15, 0.2) is 0 Å². The summed E-state index contributed by atoms with van der Waals surface area (Å²) in [7, 11) is 0. The molecule has 0 aliphatic carbocycles. The summed E-state index contributed by atoms with van der Waals surface area (Å²) in [6.07, 6.45) is 4.16. The maximum Gasteiger partial charge on any atom is 0.320 e. The maximum absolute atomic E-state index is 11.2. The second-order valence-corrected chi connectivity index (χ2v) is 6.90. The Balaban J connectivity index is 1.75. The highest BCUT2D eigenvalue weighted by atomic mass is 32.2. The minimum absolute atomic E-state index is 0.216. The lowest BCUT2D eigenvalue weighted by atomic mass is 10.0. The molecule has 0 aromatic heterocycles. The van der Waals surface area contributed by atoms with Crippen molar-refractivity contribution in [2.45, 2.75) is 44.7 Å². The van der Waals surface area contributed by atoms with Gasteiger partial charge in [-0.1, -0.05) is 6.92 Å². The Hall–Kier alpha value is -0.260. The SMILES string of the molecule is CCSCCN1CCC(N2CCCC2C(=O)O)CC1. The second-order valence-electron chi connectivity index (χ2n) is 5.50. The number of thioether (sulfide) groups is 1. The number of carbonyl (C=O) groups is 1. The molecular formula is C14H26N2O2S. The summed E-state index contributed by atoms with van der Waals surface area (Å²) >= 11 is 2.00. The van der Waals surface area contributed by atoms with E-state index in [2.05, 4.69) is 16.7 Å². The van der Waals surface area contributed by atoms with Crippen LogP contribution in [0.1, 0.15) is 32.6 Å². The fourth-order valence-electron chi connectivity index (χ4n) is 3.30. The molecule has 2 heterocycles. The number of rotatable bonds is 6. The second kappa shape index (κ2) is 7.50. The molecule has 0 aromatic rings. The van der Waals surface area contributed by atoms with E-state index in [9.17, 15) is 9.90 Å². The van der Waals surface area contributed by atoms with E-state index in [-0.39, 0.29) is 6.04 Å². The number of piperidine rings is 1. The van der Waals surface area contributed by atoms with Gasteiger partial charge in [-0.2, -0.15) is 11.8 Å². The molecule has 2 aliphatic heterocycles. The highest BCUT2D eigenvalue weighted by molar-refractivity contribution is 7.99. The third kappa shape index (κ3) is 4.10. The van der Waals surface area contributed by atoms with Crippen molar-refractivity contribution in [3.8, 4) is 0 Å². The largest absolute Gasteiger partial charge is 0.480 e. The first-order chi connectivity index (χ1) is 9.22. The highest BCUT2D eigenvalue weighted by Gasteiger charge is 2.36. The predicted molar refractivity (Wildman–Crippen MR) is 79.8 cm³/mol. The molecule has 0 radical (unpaired) electrons. The van der Waals surface area contributed by atoms with Crippen LogP contribution in [0.2, 0.25) is 0 Å². The van der Waals surface area contributed by atoms with Crippen molar-refractivity contribution in [2.24, 2.45) is 0 Å². The van der Waals surface area contributed by atoms with Crippen LogP contribution >= 0.6 is 11.8 Å². The van der Waals surface area contributed by atoms with Gasteiger partial charge >= 0.3 is 5.97 Å². The van der Waals surface area contributed by atoms with Crippen molar-refractivity contribution in [2.75, 3.05) is 37.7 Å². The molecule has 0 amide bonds. The third-order valence-electron chi connectivity index (χ3n) is 4.36. The molecule has 5 heteroatoms. The normalized spacial score (nSPS) is 26.9. The van der Waals surface area contributed by atoms with Crippen LogP contribution in [0.25, 0.3) is 0 Å². The molecular weight excluding hydrogens is 260 g/mol. The van der Waals surface area contributed by atoms with Crippen molar-refractivity contribution in [3.05, 3.63) is 0 Å². The van der Waals surface area contributed by atoms with Crippen molar-refractivity contribution in [3.63, 3.8) is 0 Å². The molecule has 110 valence electrons. The van der Waals surface area contributed by atoms with Crippen molar-refractivity contribution in [1.29, 1.82) is 0 Å². The van der Waals surface area contributed by atoms with Gasteiger partial charge in [0.25, 0.3) is 0 Å². The van der Waals surface area contributed by atoms with Gasteiger partial charge in [0, 0.05) is 18.3 Å². The molecule has 2 saturated heterocycles. The summed E-state index contributed by atoms with van der Waals surface area (Å²) in [5.41, 5.74) is 0. The number of carboxylic acid groups (broad SMARTS) is 1. The van der Waals surface area contributed by atoms with Gasteiger partial charge in [-0.25, -0.2) is 0 Å². The molecule has 2 rings (SSSR count). The Morgan fingerprint density at radius 3 is 2.63 bits per heavy atom. The number of aliphatic carboxylic acids is 1. The number of nitrogens with zero attached hydrogens (tertiary/aromatic N) is 2. The first kappa shape index (κ1) is 15.1. The molecule has 4 nitrogen and oxygen atoms in total. The van der Waals surface area contributed by atoms with Crippen LogP contribution in [0.4, 0.5) is 0 Å². The van der Waals surface area contributed by atoms with Crippen LogP contribution < -0.4 is 0 Å². The molecule has 2 fully saturated rings. The summed E-state index contributed by atoms with van der Waals surface area (Å²) in [5.74, 6) is 1.80. The number of likely N-dealkylation sites (tertiary alicyclic amines) is 2. The van der Waals surface area contributed by atoms with Gasteiger partial charge in [-0.15, -0.1) is 0 Å². The summed E-state index contributed by atoms with van der Waals surface area (Å²) in [5, 5.41) is 9.25. The zero-order valence-electron chi connectivity index (χ0n) is 11.9.